The number of Topliss-reactive ketones (excluding diaryl/α,β-unsaturated/α-hetero) is 1. The van der Waals surface area contributed by atoms with Gasteiger partial charge in [0.25, 0.3) is 11.8 Å². The Kier molecular flexibility index (Phi) is 6.06. The Morgan fingerprint density at radius 1 is 1.13 bits per heavy atom. The molecule has 0 radical (unpaired) electrons. The van der Waals surface area contributed by atoms with Gasteiger partial charge in [-0.2, -0.15) is 0 Å². The van der Waals surface area contributed by atoms with Gasteiger partial charge in [0.05, 0.1) is 12.8 Å². The Labute approximate surface area is 180 Å². The predicted octanol–water partition coefficient (Wildman–Crippen LogP) is 2.53. The Morgan fingerprint density at radius 3 is 2.68 bits per heavy atom. The van der Waals surface area contributed by atoms with Crippen molar-refractivity contribution in [2.24, 2.45) is 5.92 Å². The number of piperidine rings is 1. The first-order chi connectivity index (χ1) is 15.0. The van der Waals surface area contributed by atoms with Crippen LogP contribution in [-0.4, -0.2) is 55.9 Å². The summed E-state index contributed by atoms with van der Waals surface area (Å²) in [6.07, 6.45) is 1.17. The van der Waals surface area contributed by atoms with Gasteiger partial charge in [-0.25, -0.2) is 0 Å². The van der Waals surface area contributed by atoms with Crippen molar-refractivity contribution in [3.05, 3.63) is 48.0 Å². The highest BCUT2D eigenvalue weighted by Gasteiger charge is 2.29. The lowest BCUT2D eigenvalue weighted by molar-refractivity contribution is -0.134. The molecule has 31 heavy (non-hydrogen) atoms. The third-order valence-electron chi connectivity index (χ3n) is 5.52. The van der Waals surface area contributed by atoms with Gasteiger partial charge in [-0.3, -0.25) is 14.4 Å². The van der Waals surface area contributed by atoms with Crippen LogP contribution in [-0.2, 0) is 9.59 Å². The number of carbonyl (C=O) groups is 3. The van der Waals surface area contributed by atoms with Gasteiger partial charge < -0.3 is 24.4 Å². The lowest BCUT2D eigenvalue weighted by Gasteiger charge is -2.31. The molecule has 1 saturated heterocycles. The summed E-state index contributed by atoms with van der Waals surface area (Å²) in [5, 5.41) is 2.72. The number of fused-ring (bicyclic) bond motifs is 1. The number of ether oxygens (including phenoxy) is 3. The standard InChI is InChI=1S/C23H24N2O6/c1-29-17-3-2-4-18(12-17)30-14-22(27)25-9-7-15(8-10-25)23(28)16-5-6-20-19(11-16)24-21(26)13-31-20/h2-6,11-12,15H,7-10,13-14H2,1H3,(H,24,26). The molecule has 2 amide bonds. The minimum absolute atomic E-state index is 0.0161. The first-order valence-electron chi connectivity index (χ1n) is 10.2. The number of anilines is 1. The van der Waals surface area contributed by atoms with E-state index in [4.69, 9.17) is 14.2 Å². The van der Waals surface area contributed by atoms with Crippen LogP contribution in [0.2, 0.25) is 0 Å². The van der Waals surface area contributed by atoms with E-state index in [0.717, 1.165) is 0 Å². The maximum Gasteiger partial charge on any atom is 0.262 e. The quantitative estimate of drug-likeness (QED) is 0.717. The predicted molar refractivity (Wildman–Crippen MR) is 113 cm³/mol. The molecule has 0 spiro atoms. The second-order valence-corrected chi connectivity index (χ2v) is 7.53. The van der Waals surface area contributed by atoms with Crippen LogP contribution in [0.3, 0.4) is 0 Å². The van der Waals surface area contributed by atoms with E-state index in [1.54, 1.807) is 54.5 Å². The highest BCUT2D eigenvalue weighted by atomic mass is 16.5. The molecular formula is C23H24N2O6. The first kappa shape index (κ1) is 20.7. The van der Waals surface area contributed by atoms with Crippen molar-refractivity contribution in [2.75, 3.05) is 38.7 Å². The average Bonchev–Trinajstić information content (AvgIpc) is 2.81. The topological polar surface area (TPSA) is 94.2 Å². The number of likely N-dealkylation sites (tertiary alicyclic amines) is 1. The normalized spacial score (nSPS) is 16.0. The fourth-order valence-electron chi connectivity index (χ4n) is 3.79. The number of nitrogens with zero attached hydrogens (tertiary/aromatic N) is 1. The third kappa shape index (κ3) is 4.79. The monoisotopic (exact) mass is 424 g/mol. The van der Waals surface area contributed by atoms with E-state index in [1.165, 1.54) is 0 Å². The number of carbonyl (C=O) groups excluding carboxylic acids is 3. The summed E-state index contributed by atoms with van der Waals surface area (Å²) in [5.74, 6) is 1.30. The molecule has 0 saturated carbocycles. The van der Waals surface area contributed by atoms with Crippen LogP contribution in [0.5, 0.6) is 17.2 Å². The van der Waals surface area contributed by atoms with Crippen LogP contribution >= 0.6 is 0 Å². The Balaban J connectivity index is 1.30. The zero-order valence-corrected chi connectivity index (χ0v) is 17.3. The number of hydrogen-bond donors (Lipinski definition) is 1. The molecule has 0 aliphatic carbocycles. The number of methoxy groups -OCH3 is 1. The number of hydrogen-bond acceptors (Lipinski definition) is 6. The largest absolute Gasteiger partial charge is 0.497 e. The molecule has 1 fully saturated rings. The third-order valence-corrected chi connectivity index (χ3v) is 5.52. The van der Waals surface area contributed by atoms with Gasteiger partial charge in [-0.15, -0.1) is 0 Å². The minimum atomic E-state index is -0.236. The van der Waals surface area contributed by atoms with Gasteiger partial charge in [0.15, 0.2) is 19.0 Å². The van der Waals surface area contributed by atoms with E-state index >= 15 is 0 Å². The van der Waals surface area contributed by atoms with Crippen molar-refractivity contribution in [1.82, 2.24) is 4.90 Å². The lowest BCUT2D eigenvalue weighted by atomic mass is 9.88. The molecule has 0 atom stereocenters. The van der Waals surface area contributed by atoms with Crippen molar-refractivity contribution >= 4 is 23.3 Å². The SMILES string of the molecule is COc1cccc(OCC(=O)N2CCC(C(=O)c3ccc4c(c3)NC(=O)CO4)CC2)c1. The van der Waals surface area contributed by atoms with Crippen molar-refractivity contribution in [1.29, 1.82) is 0 Å². The fraction of sp³-hybridized carbons (Fsp3) is 0.348. The Morgan fingerprint density at radius 2 is 1.90 bits per heavy atom. The summed E-state index contributed by atoms with van der Waals surface area (Å²) < 4.78 is 16.1. The van der Waals surface area contributed by atoms with Crippen LogP contribution in [0.1, 0.15) is 23.2 Å². The summed E-state index contributed by atoms with van der Waals surface area (Å²) in [7, 11) is 1.57. The summed E-state index contributed by atoms with van der Waals surface area (Å²) in [5.41, 5.74) is 1.06. The van der Waals surface area contributed by atoms with Gasteiger partial charge >= 0.3 is 0 Å². The van der Waals surface area contributed by atoms with Crippen molar-refractivity contribution in [2.45, 2.75) is 12.8 Å². The van der Waals surface area contributed by atoms with E-state index in [9.17, 15) is 14.4 Å². The summed E-state index contributed by atoms with van der Waals surface area (Å²) in [6.45, 7) is 0.924. The zero-order chi connectivity index (χ0) is 21.8. The van der Waals surface area contributed by atoms with Crippen LogP contribution in [0.15, 0.2) is 42.5 Å². The number of benzene rings is 2. The van der Waals surface area contributed by atoms with Crippen LogP contribution < -0.4 is 19.5 Å². The molecule has 0 unspecified atom stereocenters. The fourth-order valence-corrected chi connectivity index (χ4v) is 3.79. The molecule has 2 aromatic carbocycles. The Bertz CT molecular complexity index is 997. The summed E-state index contributed by atoms with van der Waals surface area (Å²) in [4.78, 5) is 38.7. The van der Waals surface area contributed by atoms with E-state index in [1.807, 2.05) is 0 Å². The Hall–Kier alpha value is -3.55. The van der Waals surface area contributed by atoms with Crippen LogP contribution in [0.25, 0.3) is 0 Å². The van der Waals surface area contributed by atoms with Crippen molar-refractivity contribution in [3.8, 4) is 17.2 Å². The average molecular weight is 424 g/mol. The second-order valence-electron chi connectivity index (χ2n) is 7.53. The number of rotatable bonds is 6. The van der Waals surface area contributed by atoms with Crippen molar-refractivity contribution in [3.63, 3.8) is 0 Å². The summed E-state index contributed by atoms with van der Waals surface area (Å²) in [6, 6.07) is 12.2. The number of ketones is 1. The molecule has 162 valence electrons. The van der Waals surface area contributed by atoms with Crippen LogP contribution in [0.4, 0.5) is 5.69 Å². The molecule has 2 aromatic rings. The number of nitrogens with one attached hydrogen (secondary N) is 1. The maximum atomic E-state index is 12.9. The lowest BCUT2D eigenvalue weighted by Crippen LogP contribution is -2.42. The van der Waals surface area contributed by atoms with Gasteiger partial charge in [0, 0.05) is 30.6 Å². The van der Waals surface area contributed by atoms with Gasteiger partial charge in [0.2, 0.25) is 0 Å². The molecule has 0 bridgehead atoms. The molecule has 1 N–H and O–H groups in total. The molecule has 2 aliphatic heterocycles. The van der Waals surface area contributed by atoms with E-state index < -0.39 is 0 Å². The van der Waals surface area contributed by atoms with E-state index in [-0.39, 0.29) is 36.7 Å². The second kappa shape index (κ2) is 9.07. The molecular weight excluding hydrogens is 400 g/mol. The van der Waals surface area contributed by atoms with Gasteiger partial charge in [0.1, 0.15) is 17.2 Å². The molecule has 4 rings (SSSR count). The molecule has 8 nitrogen and oxygen atoms in total. The van der Waals surface area contributed by atoms with E-state index in [2.05, 4.69) is 5.32 Å². The molecule has 8 heteroatoms. The first-order valence-corrected chi connectivity index (χ1v) is 10.2. The highest BCUT2D eigenvalue weighted by molar-refractivity contribution is 6.01. The maximum absolute atomic E-state index is 12.9. The highest BCUT2D eigenvalue weighted by Crippen LogP contribution is 2.31. The smallest absolute Gasteiger partial charge is 0.262 e. The zero-order valence-electron chi connectivity index (χ0n) is 17.3. The molecule has 0 aromatic heterocycles. The molecule has 2 aliphatic rings. The van der Waals surface area contributed by atoms with Gasteiger partial charge in [-0.1, -0.05) is 6.07 Å². The van der Waals surface area contributed by atoms with Crippen LogP contribution in [0, 0.1) is 5.92 Å². The molecule has 2 heterocycles. The number of amides is 2. The van der Waals surface area contributed by atoms with E-state index in [0.29, 0.717) is 54.4 Å². The summed E-state index contributed by atoms with van der Waals surface area (Å²) >= 11 is 0. The minimum Gasteiger partial charge on any atom is -0.497 e. The van der Waals surface area contributed by atoms with Crippen molar-refractivity contribution < 1.29 is 28.6 Å². The van der Waals surface area contributed by atoms with Gasteiger partial charge in [-0.05, 0) is 43.2 Å².